The molecule has 0 spiro atoms. The molecule has 1 atom stereocenters. The fraction of sp³-hybridized carbons (Fsp3) is 0.286. The Labute approximate surface area is 190 Å². The lowest BCUT2D eigenvalue weighted by Crippen LogP contribution is -2.42. The first-order valence-corrected chi connectivity index (χ1v) is 10.6. The van der Waals surface area contributed by atoms with Gasteiger partial charge in [0.1, 0.15) is 28.5 Å². The summed E-state index contributed by atoms with van der Waals surface area (Å²) in [5.41, 5.74) is 0.926. The monoisotopic (exact) mass is 479 g/mol. The second kappa shape index (κ2) is 9.08. The number of hydrogen-bond donors (Lipinski definition) is 3. The number of carbonyl (C=O) groups excluding carboxylic acids is 1. The molecule has 12 heteroatoms. The number of aromatic nitrogens is 2. The van der Waals surface area contributed by atoms with Gasteiger partial charge in [0.15, 0.2) is 0 Å². The first-order chi connectivity index (χ1) is 15.6. The third kappa shape index (κ3) is 5.31. The zero-order chi connectivity index (χ0) is 23.8. The number of pyridine rings is 1. The molecule has 1 aliphatic rings. The van der Waals surface area contributed by atoms with Crippen LogP contribution in [0.3, 0.4) is 0 Å². The predicted octanol–water partition coefficient (Wildman–Crippen LogP) is 1.97. The van der Waals surface area contributed by atoms with Crippen LogP contribution in [0.1, 0.15) is 27.0 Å². The number of thiazole rings is 1. The number of ether oxygens (including phenoxy) is 2. The second-order valence-electron chi connectivity index (χ2n) is 7.37. The smallest absolute Gasteiger partial charge is 0.416 e. The van der Waals surface area contributed by atoms with Gasteiger partial charge >= 0.3 is 6.16 Å². The Kier molecular flexibility index (Phi) is 6.36. The quantitative estimate of drug-likeness (QED) is 0.475. The average Bonchev–Trinajstić information content (AvgIpc) is 3.21. The van der Waals surface area contributed by atoms with E-state index in [4.69, 9.17) is 20.1 Å². The molecule has 3 N–H and O–H groups in total. The molecule has 33 heavy (non-hydrogen) atoms. The molecule has 1 unspecified atom stereocenters. The summed E-state index contributed by atoms with van der Waals surface area (Å²) >= 11 is 1.11. The van der Waals surface area contributed by atoms with Crippen LogP contribution in [0.25, 0.3) is 11.3 Å². The number of nitrogens with zero attached hydrogens (tertiary/aromatic N) is 3. The summed E-state index contributed by atoms with van der Waals surface area (Å²) in [7, 11) is 0. The molecule has 1 fully saturated rings. The van der Waals surface area contributed by atoms with Crippen LogP contribution in [0.4, 0.5) is 8.78 Å². The van der Waals surface area contributed by atoms with Crippen molar-refractivity contribution in [3.05, 3.63) is 63.7 Å². The minimum Gasteiger partial charge on any atom is -0.416 e. The standard InChI is InChI=1S/C21H19F2N3O6S/c1-11-4-12(8-24-7-11)20(27)26-2-3-31-17(9-26)19-25-15(10-33-19)18-14(23)5-13(22)6-16(18)32-21(28,29)30/h4-8,10,17,28-30H,2-3,9H2,1H3. The fourth-order valence-electron chi connectivity index (χ4n) is 3.41. The SMILES string of the molecule is Cc1cncc(C(=O)N2CCOC(c3nc(-c4c(F)cc(F)cc4OC(O)(O)O)cs3)C2)c1. The van der Waals surface area contributed by atoms with Crippen molar-refractivity contribution >= 4 is 17.2 Å². The normalized spacial score (nSPS) is 16.7. The highest BCUT2D eigenvalue weighted by molar-refractivity contribution is 7.10. The van der Waals surface area contributed by atoms with Crippen LogP contribution in [0.15, 0.2) is 36.0 Å². The van der Waals surface area contributed by atoms with Gasteiger partial charge in [0.05, 0.1) is 30.0 Å². The third-order valence-corrected chi connectivity index (χ3v) is 5.73. The summed E-state index contributed by atoms with van der Waals surface area (Å²) in [6.07, 6.45) is -1.10. The van der Waals surface area contributed by atoms with Crippen molar-refractivity contribution in [2.45, 2.75) is 19.2 Å². The summed E-state index contributed by atoms with van der Waals surface area (Å²) in [5, 5.41) is 29.1. The zero-order valence-electron chi connectivity index (χ0n) is 17.2. The van der Waals surface area contributed by atoms with E-state index in [0.29, 0.717) is 29.2 Å². The minimum atomic E-state index is -3.65. The van der Waals surface area contributed by atoms with Gasteiger partial charge in [0.2, 0.25) is 0 Å². The van der Waals surface area contributed by atoms with E-state index >= 15 is 0 Å². The molecule has 3 aromatic rings. The van der Waals surface area contributed by atoms with Crippen molar-refractivity contribution in [2.75, 3.05) is 19.7 Å². The lowest BCUT2D eigenvalue weighted by Gasteiger charge is -2.32. The van der Waals surface area contributed by atoms with Crippen LogP contribution in [-0.4, -0.2) is 62.0 Å². The maximum Gasteiger partial charge on any atom is 0.453 e. The van der Waals surface area contributed by atoms with Crippen molar-refractivity contribution in [3.8, 4) is 17.0 Å². The van der Waals surface area contributed by atoms with E-state index < -0.39 is 29.6 Å². The topological polar surface area (TPSA) is 125 Å². The lowest BCUT2D eigenvalue weighted by atomic mass is 10.1. The molecule has 1 aromatic carbocycles. The van der Waals surface area contributed by atoms with Crippen LogP contribution in [0.2, 0.25) is 0 Å². The van der Waals surface area contributed by atoms with Crippen molar-refractivity contribution in [1.29, 1.82) is 0 Å². The van der Waals surface area contributed by atoms with Gasteiger partial charge in [-0.05, 0) is 18.6 Å². The van der Waals surface area contributed by atoms with Gasteiger partial charge in [-0.15, -0.1) is 11.3 Å². The molecule has 1 amide bonds. The molecular formula is C21H19F2N3O6S. The van der Waals surface area contributed by atoms with Crippen LogP contribution >= 0.6 is 11.3 Å². The van der Waals surface area contributed by atoms with E-state index in [1.54, 1.807) is 17.2 Å². The molecule has 0 aliphatic carbocycles. The van der Waals surface area contributed by atoms with Gasteiger partial charge < -0.3 is 29.7 Å². The number of hydrogen-bond acceptors (Lipinski definition) is 9. The summed E-state index contributed by atoms with van der Waals surface area (Å²) in [6.45, 7) is 2.66. The highest BCUT2D eigenvalue weighted by Crippen LogP contribution is 2.37. The Hall–Kier alpha value is -3.03. The van der Waals surface area contributed by atoms with Crippen molar-refractivity contribution in [1.82, 2.24) is 14.9 Å². The number of aryl methyl sites for hydroxylation is 1. The molecule has 1 aliphatic heterocycles. The second-order valence-corrected chi connectivity index (χ2v) is 8.26. The lowest BCUT2D eigenvalue weighted by molar-refractivity contribution is -0.419. The molecule has 0 saturated carbocycles. The molecular weight excluding hydrogens is 460 g/mol. The van der Waals surface area contributed by atoms with Crippen LogP contribution in [-0.2, 0) is 4.74 Å². The minimum absolute atomic E-state index is 0.00156. The molecule has 9 nitrogen and oxygen atoms in total. The maximum atomic E-state index is 14.5. The summed E-state index contributed by atoms with van der Waals surface area (Å²) < 4.78 is 38.4. The predicted molar refractivity (Wildman–Crippen MR) is 111 cm³/mol. The summed E-state index contributed by atoms with van der Waals surface area (Å²) in [5.74, 6) is -3.01. The molecule has 0 bridgehead atoms. The molecule has 0 radical (unpaired) electrons. The number of halogens is 2. The first kappa shape index (κ1) is 23.1. The molecule has 1 saturated heterocycles. The van der Waals surface area contributed by atoms with E-state index in [1.807, 2.05) is 6.92 Å². The Morgan fingerprint density at radius 2 is 2.06 bits per heavy atom. The van der Waals surface area contributed by atoms with Crippen LogP contribution in [0, 0.1) is 18.6 Å². The number of benzene rings is 1. The Balaban J connectivity index is 1.58. The number of aliphatic hydroxyl groups is 3. The molecule has 4 rings (SSSR count). The first-order valence-electron chi connectivity index (χ1n) is 9.74. The summed E-state index contributed by atoms with van der Waals surface area (Å²) in [6, 6.07) is 2.99. The largest absolute Gasteiger partial charge is 0.453 e. The van der Waals surface area contributed by atoms with Gasteiger partial charge in [0.25, 0.3) is 5.91 Å². The Morgan fingerprint density at radius 1 is 1.27 bits per heavy atom. The van der Waals surface area contributed by atoms with E-state index in [1.165, 1.54) is 11.6 Å². The number of amides is 1. The maximum absolute atomic E-state index is 14.5. The van der Waals surface area contributed by atoms with E-state index in [9.17, 15) is 13.6 Å². The van der Waals surface area contributed by atoms with E-state index in [0.717, 1.165) is 16.9 Å². The zero-order valence-corrected chi connectivity index (χ0v) is 18.1. The summed E-state index contributed by atoms with van der Waals surface area (Å²) in [4.78, 5) is 22.8. The van der Waals surface area contributed by atoms with Crippen molar-refractivity contribution in [2.24, 2.45) is 0 Å². The molecule has 2 aromatic heterocycles. The van der Waals surface area contributed by atoms with Gasteiger partial charge in [-0.1, -0.05) is 0 Å². The molecule has 3 heterocycles. The highest BCUT2D eigenvalue weighted by atomic mass is 32.1. The Bertz CT molecular complexity index is 1180. The fourth-order valence-corrected chi connectivity index (χ4v) is 4.26. The molecule has 174 valence electrons. The third-order valence-electron chi connectivity index (χ3n) is 4.79. The van der Waals surface area contributed by atoms with Crippen molar-refractivity contribution < 1.29 is 38.4 Å². The highest BCUT2D eigenvalue weighted by Gasteiger charge is 2.30. The van der Waals surface area contributed by atoms with Gasteiger partial charge in [0, 0.05) is 36.5 Å². The van der Waals surface area contributed by atoms with Crippen molar-refractivity contribution in [3.63, 3.8) is 0 Å². The van der Waals surface area contributed by atoms with E-state index in [-0.39, 0.29) is 30.3 Å². The average molecular weight is 479 g/mol. The van der Waals surface area contributed by atoms with Gasteiger partial charge in [-0.25, -0.2) is 13.8 Å². The van der Waals surface area contributed by atoms with Gasteiger partial charge in [-0.2, -0.15) is 0 Å². The van der Waals surface area contributed by atoms with Crippen LogP contribution < -0.4 is 4.74 Å². The number of carbonyl (C=O) groups is 1. The van der Waals surface area contributed by atoms with E-state index in [2.05, 4.69) is 14.7 Å². The van der Waals surface area contributed by atoms with Crippen LogP contribution in [0.5, 0.6) is 5.75 Å². The number of rotatable bonds is 5. The number of morpholine rings is 1. The van der Waals surface area contributed by atoms with Gasteiger partial charge in [-0.3, -0.25) is 9.78 Å². The Morgan fingerprint density at radius 3 is 2.79 bits per heavy atom.